The van der Waals surface area contributed by atoms with E-state index in [-0.39, 0.29) is 18.3 Å². The zero-order valence-corrected chi connectivity index (χ0v) is 10.9. The lowest BCUT2D eigenvalue weighted by atomic mass is 9.95. The molecule has 0 radical (unpaired) electrons. The van der Waals surface area contributed by atoms with Gasteiger partial charge in [-0.3, -0.25) is 4.79 Å². The predicted molar refractivity (Wildman–Crippen MR) is 66.9 cm³/mol. The van der Waals surface area contributed by atoms with Gasteiger partial charge in [-0.2, -0.15) is 0 Å². The molecule has 0 aromatic carbocycles. The molecule has 16 heavy (non-hydrogen) atoms. The molecule has 2 N–H and O–H groups in total. The summed E-state index contributed by atoms with van der Waals surface area (Å²) in [6.45, 7) is 7.31. The molecule has 1 amide bonds. The Morgan fingerprint density at radius 1 is 1.56 bits per heavy atom. The first kappa shape index (κ1) is 15.7. The van der Waals surface area contributed by atoms with Gasteiger partial charge in [-0.25, -0.2) is 0 Å². The second kappa shape index (κ2) is 8.79. The molecule has 0 saturated carbocycles. The van der Waals surface area contributed by atoms with Crippen molar-refractivity contribution in [3.05, 3.63) is 0 Å². The molecule has 96 valence electrons. The molecule has 0 aliphatic carbocycles. The molecule has 0 spiro atoms. The molecule has 1 heterocycles. The van der Waals surface area contributed by atoms with Crippen molar-refractivity contribution in [1.82, 2.24) is 10.6 Å². The first-order valence-electron chi connectivity index (χ1n) is 5.82. The number of amides is 1. The number of piperidine rings is 1. The number of hydrogen-bond donors (Lipinski definition) is 2. The Balaban J connectivity index is 0.00000225. The fraction of sp³-hybridized carbons (Fsp3) is 0.909. The highest BCUT2D eigenvalue weighted by Gasteiger charge is 2.22. The van der Waals surface area contributed by atoms with Crippen molar-refractivity contribution in [3.63, 3.8) is 0 Å². The van der Waals surface area contributed by atoms with Crippen molar-refractivity contribution in [1.29, 1.82) is 0 Å². The third-order valence-electron chi connectivity index (χ3n) is 2.81. The van der Waals surface area contributed by atoms with Crippen LogP contribution in [-0.4, -0.2) is 38.3 Å². The lowest BCUT2D eigenvalue weighted by Crippen LogP contribution is -2.48. The summed E-state index contributed by atoms with van der Waals surface area (Å²) in [4.78, 5) is 11.5. The van der Waals surface area contributed by atoms with Crippen LogP contribution in [-0.2, 0) is 9.53 Å². The molecule has 0 aromatic heterocycles. The number of carbonyl (C=O) groups excluding carboxylic acids is 1. The van der Waals surface area contributed by atoms with Gasteiger partial charge in [-0.05, 0) is 32.4 Å². The molecule has 2 atom stereocenters. The van der Waals surface area contributed by atoms with Crippen molar-refractivity contribution < 1.29 is 9.53 Å². The maximum atomic E-state index is 11.5. The summed E-state index contributed by atoms with van der Waals surface area (Å²) >= 11 is 0. The second-order valence-electron chi connectivity index (χ2n) is 4.09. The van der Waals surface area contributed by atoms with E-state index in [2.05, 4.69) is 17.6 Å². The van der Waals surface area contributed by atoms with E-state index in [4.69, 9.17) is 4.74 Å². The van der Waals surface area contributed by atoms with Crippen molar-refractivity contribution in [2.75, 3.05) is 26.3 Å². The quantitative estimate of drug-likeness (QED) is 0.715. The molecular formula is C11H23ClN2O2. The Morgan fingerprint density at radius 2 is 2.31 bits per heavy atom. The summed E-state index contributed by atoms with van der Waals surface area (Å²) in [6, 6.07) is 0.334. The fourth-order valence-electron chi connectivity index (χ4n) is 1.82. The summed E-state index contributed by atoms with van der Waals surface area (Å²) in [5.74, 6) is 0.636. The van der Waals surface area contributed by atoms with Gasteiger partial charge in [0.1, 0.15) is 0 Å². The van der Waals surface area contributed by atoms with Crippen molar-refractivity contribution >= 4 is 18.3 Å². The van der Waals surface area contributed by atoms with Crippen molar-refractivity contribution in [3.8, 4) is 0 Å². The van der Waals surface area contributed by atoms with E-state index in [1.54, 1.807) is 0 Å². The van der Waals surface area contributed by atoms with Crippen LogP contribution in [0.5, 0.6) is 0 Å². The topological polar surface area (TPSA) is 50.4 Å². The van der Waals surface area contributed by atoms with Gasteiger partial charge in [0, 0.05) is 19.1 Å². The number of ether oxygens (including phenoxy) is 1. The van der Waals surface area contributed by atoms with Crippen LogP contribution in [0.1, 0.15) is 26.7 Å². The van der Waals surface area contributed by atoms with Crippen LogP contribution in [0.3, 0.4) is 0 Å². The van der Waals surface area contributed by atoms with Gasteiger partial charge in [0.2, 0.25) is 5.91 Å². The standard InChI is InChI=1S/C11H22N2O2.ClH/c1-3-15-7-5-11(14)13-10-4-6-12-8-9(10)2;/h9-10,12H,3-8H2,1-2H3,(H,13,14);1H. The van der Waals surface area contributed by atoms with Gasteiger partial charge in [-0.15, -0.1) is 12.4 Å². The van der Waals surface area contributed by atoms with E-state index < -0.39 is 0 Å². The van der Waals surface area contributed by atoms with Crippen LogP contribution in [0.15, 0.2) is 0 Å². The number of halogens is 1. The monoisotopic (exact) mass is 250 g/mol. The highest BCUT2D eigenvalue weighted by atomic mass is 35.5. The maximum Gasteiger partial charge on any atom is 0.222 e. The third kappa shape index (κ3) is 5.68. The Hall–Kier alpha value is -0.320. The molecule has 1 saturated heterocycles. The molecule has 5 heteroatoms. The van der Waals surface area contributed by atoms with Crippen LogP contribution in [0, 0.1) is 5.92 Å². The highest BCUT2D eigenvalue weighted by molar-refractivity contribution is 5.85. The van der Waals surface area contributed by atoms with Crippen LogP contribution in [0.4, 0.5) is 0 Å². The smallest absolute Gasteiger partial charge is 0.222 e. The predicted octanol–water partition coefficient (Wildman–Crippen LogP) is 0.949. The van der Waals surface area contributed by atoms with Crippen molar-refractivity contribution in [2.24, 2.45) is 5.92 Å². The molecule has 1 rings (SSSR count). The number of hydrogen-bond acceptors (Lipinski definition) is 3. The van der Waals surface area contributed by atoms with Gasteiger partial charge in [-0.1, -0.05) is 6.92 Å². The van der Waals surface area contributed by atoms with Crippen LogP contribution in [0.25, 0.3) is 0 Å². The normalized spacial score (nSPS) is 24.6. The van der Waals surface area contributed by atoms with Gasteiger partial charge >= 0.3 is 0 Å². The largest absolute Gasteiger partial charge is 0.381 e. The first-order chi connectivity index (χ1) is 7.24. The SMILES string of the molecule is CCOCCC(=O)NC1CCNCC1C.Cl. The number of carbonyl (C=O) groups is 1. The van der Waals surface area contributed by atoms with E-state index in [0.717, 1.165) is 19.5 Å². The van der Waals surface area contributed by atoms with E-state index in [9.17, 15) is 4.79 Å². The van der Waals surface area contributed by atoms with E-state index in [1.165, 1.54) is 0 Å². The summed E-state index contributed by atoms with van der Waals surface area (Å²) in [5, 5.41) is 6.38. The van der Waals surface area contributed by atoms with Crippen LogP contribution < -0.4 is 10.6 Å². The van der Waals surface area contributed by atoms with Gasteiger partial charge in [0.15, 0.2) is 0 Å². The third-order valence-corrected chi connectivity index (χ3v) is 2.81. The molecule has 2 unspecified atom stereocenters. The Morgan fingerprint density at radius 3 is 2.94 bits per heavy atom. The fourth-order valence-corrected chi connectivity index (χ4v) is 1.82. The minimum atomic E-state index is 0. The Bertz CT molecular complexity index is 202. The summed E-state index contributed by atoms with van der Waals surface area (Å²) in [7, 11) is 0. The van der Waals surface area contributed by atoms with Crippen LogP contribution >= 0.6 is 12.4 Å². The molecule has 1 aliphatic heterocycles. The average molecular weight is 251 g/mol. The van der Waals surface area contributed by atoms with Gasteiger partial charge < -0.3 is 15.4 Å². The maximum absolute atomic E-state index is 11.5. The van der Waals surface area contributed by atoms with Gasteiger partial charge in [0.05, 0.1) is 6.61 Å². The van der Waals surface area contributed by atoms with Crippen LogP contribution in [0.2, 0.25) is 0 Å². The summed E-state index contributed by atoms with van der Waals surface area (Å²) in [6.07, 6.45) is 1.51. The molecule has 0 aromatic rings. The molecule has 1 fully saturated rings. The summed E-state index contributed by atoms with van der Waals surface area (Å²) < 4.78 is 5.15. The van der Waals surface area contributed by atoms with Crippen molar-refractivity contribution in [2.45, 2.75) is 32.7 Å². The van der Waals surface area contributed by atoms with E-state index in [1.807, 2.05) is 6.92 Å². The summed E-state index contributed by atoms with van der Waals surface area (Å²) in [5.41, 5.74) is 0. The molecule has 1 aliphatic rings. The van der Waals surface area contributed by atoms with E-state index >= 15 is 0 Å². The van der Waals surface area contributed by atoms with E-state index in [0.29, 0.717) is 31.6 Å². The zero-order chi connectivity index (χ0) is 11.1. The minimum absolute atomic E-state index is 0. The number of rotatable bonds is 5. The molecule has 0 bridgehead atoms. The lowest BCUT2D eigenvalue weighted by Gasteiger charge is -2.30. The average Bonchev–Trinajstić information content (AvgIpc) is 2.22. The zero-order valence-electron chi connectivity index (χ0n) is 10.1. The molecular weight excluding hydrogens is 228 g/mol. The Labute approximate surface area is 104 Å². The Kier molecular flexibility index (Phi) is 8.61. The second-order valence-corrected chi connectivity index (χ2v) is 4.09. The minimum Gasteiger partial charge on any atom is -0.381 e. The number of nitrogens with one attached hydrogen (secondary N) is 2. The first-order valence-corrected chi connectivity index (χ1v) is 5.82. The molecule has 4 nitrogen and oxygen atoms in total. The lowest BCUT2D eigenvalue weighted by molar-refractivity contribution is -0.123. The van der Waals surface area contributed by atoms with Gasteiger partial charge in [0.25, 0.3) is 0 Å². The highest BCUT2D eigenvalue weighted by Crippen LogP contribution is 2.10.